The third kappa shape index (κ3) is 5.35. The fraction of sp³-hybridized carbons (Fsp3) is 0.300. The molecule has 0 spiro atoms. The topological polar surface area (TPSA) is 64.6 Å². The summed E-state index contributed by atoms with van der Waals surface area (Å²) in [6.07, 6.45) is 0. The number of benzene rings is 2. The summed E-state index contributed by atoms with van der Waals surface area (Å²) in [4.78, 5) is 24.8. The fourth-order valence-electron chi connectivity index (χ4n) is 2.26. The van der Waals surface area contributed by atoms with Gasteiger partial charge in [-0.15, -0.1) is 0 Å². The van der Waals surface area contributed by atoms with E-state index in [9.17, 15) is 9.59 Å². The van der Waals surface area contributed by atoms with Crippen LogP contribution in [-0.2, 0) is 4.79 Å². The molecule has 5 nitrogen and oxygen atoms in total. The number of para-hydroxylation sites is 1. The Morgan fingerprint density at radius 3 is 2.16 bits per heavy atom. The Kier molecular flexibility index (Phi) is 6.57. The van der Waals surface area contributed by atoms with Crippen LogP contribution in [0, 0.1) is 5.92 Å². The van der Waals surface area contributed by atoms with Crippen molar-refractivity contribution in [1.29, 1.82) is 0 Å². The first-order valence-corrected chi connectivity index (χ1v) is 8.31. The quantitative estimate of drug-likeness (QED) is 0.619. The van der Waals surface area contributed by atoms with Gasteiger partial charge in [-0.1, -0.05) is 32.0 Å². The Bertz CT molecular complexity index is 695. The highest BCUT2D eigenvalue weighted by molar-refractivity contribution is 5.97. The van der Waals surface area contributed by atoms with Crippen LogP contribution in [0.2, 0.25) is 0 Å². The molecule has 0 radical (unpaired) electrons. The van der Waals surface area contributed by atoms with Crippen molar-refractivity contribution in [3.05, 3.63) is 60.2 Å². The third-order valence-corrected chi connectivity index (χ3v) is 3.60. The van der Waals surface area contributed by atoms with E-state index in [1.54, 1.807) is 48.5 Å². The van der Waals surface area contributed by atoms with Gasteiger partial charge in [0.15, 0.2) is 0 Å². The molecule has 2 aromatic rings. The van der Waals surface area contributed by atoms with E-state index < -0.39 is 12.0 Å². The van der Waals surface area contributed by atoms with E-state index in [1.807, 2.05) is 26.8 Å². The van der Waals surface area contributed by atoms with Crippen LogP contribution in [0.25, 0.3) is 0 Å². The molecule has 1 atom stereocenters. The third-order valence-electron chi connectivity index (χ3n) is 3.60. The van der Waals surface area contributed by atoms with Gasteiger partial charge in [0.05, 0.1) is 6.61 Å². The zero-order valence-electron chi connectivity index (χ0n) is 14.7. The van der Waals surface area contributed by atoms with Gasteiger partial charge in [0.2, 0.25) is 0 Å². The Morgan fingerprint density at radius 1 is 0.960 bits per heavy atom. The van der Waals surface area contributed by atoms with E-state index in [-0.39, 0.29) is 11.8 Å². The van der Waals surface area contributed by atoms with Gasteiger partial charge in [-0.05, 0) is 49.2 Å². The lowest BCUT2D eigenvalue weighted by atomic mass is 10.0. The van der Waals surface area contributed by atoms with Gasteiger partial charge in [-0.25, -0.2) is 4.79 Å². The molecule has 2 aromatic carbocycles. The zero-order chi connectivity index (χ0) is 18.2. The number of amides is 1. The van der Waals surface area contributed by atoms with Crippen LogP contribution >= 0.6 is 0 Å². The molecule has 0 aliphatic rings. The van der Waals surface area contributed by atoms with Crippen LogP contribution in [0.3, 0.4) is 0 Å². The average molecular weight is 341 g/mol. The first-order chi connectivity index (χ1) is 12.0. The van der Waals surface area contributed by atoms with Gasteiger partial charge < -0.3 is 14.8 Å². The number of rotatable bonds is 7. The monoisotopic (exact) mass is 341 g/mol. The van der Waals surface area contributed by atoms with Crippen LogP contribution in [0.4, 0.5) is 0 Å². The second-order valence-electron chi connectivity index (χ2n) is 5.89. The van der Waals surface area contributed by atoms with E-state index >= 15 is 0 Å². The van der Waals surface area contributed by atoms with Crippen molar-refractivity contribution in [1.82, 2.24) is 5.32 Å². The highest BCUT2D eigenvalue weighted by atomic mass is 16.5. The fourth-order valence-corrected chi connectivity index (χ4v) is 2.26. The maximum absolute atomic E-state index is 12.4. The summed E-state index contributed by atoms with van der Waals surface area (Å²) in [5.74, 6) is 0.228. The van der Waals surface area contributed by atoms with Gasteiger partial charge in [0.1, 0.15) is 17.5 Å². The number of hydrogen-bond donors (Lipinski definition) is 1. The Labute approximate surface area is 148 Å². The highest BCUT2D eigenvalue weighted by Crippen LogP contribution is 2.15. The summed E-state index contributed by atoms with van der Waals surface area (Å²) >= 11 is 0. The van der Waals surface area contributed by atoms with Crippen molar-refractivity contribution in [2.24, 2.45) is 5.92 Å². The summed E-state index contributed by atoms with van der Waals surface area (Å²) in [6, 6.07) is 14.9. The van der Waals surface area contributed by atoms with Gasteiger partial charge in [0.25, 0.3) is 5.91 Å². The van der Waals surface area contributed by atoms with Crippen molar-refractivity contribution < 1.29 is 19.1 Å². The van der Waals surface area contributed by atoms with Gasteiger partial charge in [-0.3, -0.25) is 4.79 Å². The van der Waals surface area contributed by atoms with Crippen LogP contribution in [0.1, 0.15) is 31.1 Å². The standard InChI is InChI=1S/C20H23NO4/c1-4-24-16-12-10-15(11-13-16)19(22)21-18(14(2)3)20(23)25-17-8-6-5-7-9-17/h5-14,18H,4H2,1-3H3,(H,21,22)/t18-/m0/s1. The van der Waals surface area contributed by atoms with E-state index in [0.717, 1.165) is 0 Å². The average Bonchev–Trinajstić information content (AvgIpc) is 2.61. The number of ether oxygens (including phenoxy) is 2. The minimum absolute atomic E-state index is 0.108. The maximum atomic E-state index is 12.4. The first kappa shape index (κ1) is 18.5. The Morgan fingerprint density at radius 2 is 1.60 bits per heavy atom. The first-order valence-electron chi connectivity index (χ1n) is 8.31. The summed E-state index contributed by atoms with van der Waals surface area (Å²) in [5, 5.41) is 2.75. The normalized spacial score (nSPS) is 11.7. The van der Waals surface area contributed by atoms with Crippen molar-refractivity contribution in [3.63, 3.8) is 0 Å². The lowest BCUT2D eigenvalue weighted by Crippen LogP contribution is -2.46. The summed E-state index contributed by atoms with van der Waals surface area (Å²) < 4.78 is 10.7. The van der Waals surface area contributed by atoms with Crippen LogP contribution in [0.5, 0.6) is 11.5 Å². The summed E-state index contributed by atoms with van der Waals surface area (Å²) in [6.45, 7) is 6.17. The molecule has 0 saturated heterocycles. The minimum Gasteiger partial charge on any atom is -0.494 e. The summed E-state index contributed by atoms with van der Waals surface area (Å²) in [7, 11) is 0. The molecule has 132 valence electrons. The van der Waals surface area contributed by atoms with Crippen molar-refractivity contribution in [2.45, 2.75) is 26.8 Å². The van der Waals surface area contributed by atoms with E-state index in [0.29, 0.717) is 23.7 Å². The number of nitrogens with one attached hydrogen (secondary N) is 1. The van der Waals surface area contributed by atoms with Gasteiger partial charge >= 0.3 is 5.97 Å². The van der Waals surface area contributed by atoms with E-state index in [1.165, 1.54) is 0 Å². The van der Waals surface area contributed by atoms with E-state index in [4.69, 9.17) is 9.47 Å². The Hall–Kier alpha value is -2.82. The molecule has 0 saturated carbocycles. The number of carbonyl (C=O) groups excluding carboxylic acids is 2. The number of esters is 1. The van der Waals surface area contributed by atoms with Crippen LogP contribution in [-0.4, -0.2) is 24.5 Å². The Balaban J connectivity index is 2.04. The SMILES string of the molecule is CCOc1ccc(C(=O)N[C@H](C(=O)Oc2ccccc2)C(C)C)cc1. The lowest BCUT2D eigenvalue weighted by molar-refractivity contribution is -0.137. The smallest absolute Gasteiger partial charge is 0.334 e. The molecule has 0 bridgehead atoms. The maximum Gasteiger partial charge on any atom is 0.334 e. The van der Waals surface area contributed by atoms with Crippen molar-refractivity contribution >= 4 is 11.9 Å². The highest BCUT2D eigenvalue weighted by Gasteiger charge is 2.26. The van der Waals surface area contributed by atoms with Gasteiger partial charge in [0, 0.05) is 5.56 Å². The largest absolute Gasteiger partial charge is 0.494 e. The van der Waals surface area contributed by atoms with Crippen LogP contribution in [0.15, 0.2) is 54.6 Å². The molecule has 0 fully saturated rings. The summed E-state index contributed by atoms with van der Waals surface area (Å²) in [5.41, 5.74) is 0.460. The molecular weight excluding hydrogens is 318 g/mol. The molecule has 1 amide bonds. The second kappa shape index (κ2) is 8.87. The molecule has 5 heteroatoms. The zero-order valence-corrected chi connectivity index (χ0v) is 14.7. The van der Waals surface area contributed by atoms with Crippen molar-refractivity contribution in [2.75, 3.05) is 6.61 Å². The molecule has 0 aromatic heterocycles. The molecule has 2 rings (SSSR count). The second-order valence-corrected chi connectivity index (χ2v) is 5.89. The predicted octanol–water partition coefficient (Wildman–Crippen LogP) is 3.45. The molecular formula is C20H23NO4. The number of hydrogen-bond acceptors (Lipinski definition) is 4. The molecule has 0 aliphatic heterocycles. The molecule has 0 aliphatic carbocycles. The molecule has 0 heterocycles. The van der Waals surface area contributed by atoms with E-state index in [2.05, 4.69) is 5.32 Å². The van der Waals surface area contributed by atoms with Crippen LogP contribution < -0.4 is 14.8 Å². The minimum atomic E-state index is -0.737. The molecule has 0 unspecified atom stereocenters. The molecule has 1 N–H and O–H groups in total. The molecule has 25 heavy (non-hydrogen) atoms. The number of carbonyl (C=O) groups is 2. The van der Waals surface area contributed by atoms with Gasteiger partial charge in [-0.2, -0.15) is 0 Å². The predicted molar refractivity (Wildman–Crippen MR) is 95.8 cm³/mol. The van der Waals surface area contributed by atoms with Crippen molar-refractivity contribution in [3.8, 4) is 11.5 Å². The lowest BCUT2D eigenvalue weighted by Gasteiger charge is -2.20.